The van der Waals surface area contributed by atoms with E-state index < -0.39 is 20.3 Å². The van der Waals surface area contributed by atoms with Crippen LogP contribution in [0.2, 0.25) is 19.6 Å². The molecule has 1 rings (SSSR count). The quantitative estimate of drug-likeness (QED) is 0.460. The molecule has 0 radical (unpaired) electrons. The number of nitrogens with zero attached hydrogens (tertiary/aromatic N) is 1. The predicted octanol–water partition coefficient (Wildman–Crippen LogP) is 1.33. The third-order valence-corrected chi connectivity index (χ3v) is 4.20. The lowest BCUT2D eigenvalue weighted by molar-refractivity contribution is -0.147. The van der Waals surface area contributed by atoms with Crippen LogP contribution in [0.1, 0.15) is 6.42 Å². The number of carbonyl (C=O) groups excluding carboxylic acids is 1. The number of likely N-dealkylation sites (tertiary alicyclic amines) is 1. The molecule has 0 aliphatic carbocycles. The van der Waals surface area contributed by atoms with Crippen LogP contribution in [-0.2, 0) is 14.0 Å². The monoisotopic (exact) mass is 371 g/mol. The van der Waals surface area contributed by atoms with Crippen molar-refractivity contribution in [2.24, 2.45) is 0 Å². The second-order valence-corrected chi connectivity index (χ2v) is 10.3. The fourth-order valence-corrected chi connectivity index (χ4v) is 3.58. The second-order valence-electron chi connectivity index (χ2n) is 5.12. The number of carbonyl (C=O) groups is 2. The molecule has 0 saturated carbocycles. The molecule has 1 saturated heterocycles. The first-order chi connectivity index (χ1) is 7.74. The minimum atomic E-state index is -1.69. The highest BCUT2D eigenvalue weighted by atomic mass is 127. The molecule has 1 fully saturated rings. The van der Waals surface area contributed by atoms with Gasteiger partial charge in [0.15, 0.2) is 8.32 Å². The van der Waals surface area contributed by atoms with E-state index in [1.54, 1.807) is 0 Å². The number of aliphatic carboxylic acids is 1. The Bertz CT molecular complexity index is 318. The largest absolute Gasteiger partial charge is 0.480 e. The summed E-state index contributed by atoms with van der Waals surface area (Å²) < 4.78 is 6.19. The minimum absolute atomic E-state index is 0.125. The first kappa shape index (κ1) is 14.9. The third-order valence-electron chi connectivity index (χ3n) is 2.50. The Kier molecular flexibility index (Phi) is 4.96. The molecule has 2 atom stereocenters. The van der Waals surface area contributed by atoms with Crippen molar-refractivity contribution >= 4 is 42.8 Å². The number of hydrogen-bond acceptors (Lipinski definition) is 3. The lowest BCUT2D eigenvalue weighted by Gasteiger charge is -2.23. The van der Waals surface area contributed by atoms with Gasteiger partial charge in [0.2, 0.25) is 5.91 Å². The van der Waals surface area contributed by atoms with Crippen molar-refractivity contribution in [1.29, 1.82) is 0 Å². The standard InChI is InChI=1S/C10H18INO4Si/c1-17(2,3)16-7-4-8(10(14)15)12(6-7)9(13)5-11/h7-8H,4-6H2,1-3H3,(H,14,15)/t7-,8-/m0/s1. The molecule has 1 amide bonds. The van der Waals surface area contributed by atoms with Crippen LogP contribution < -0.4 is 0 Å². The first-order valence-electron chi connectivity index (χ1n) is 5.50. The van der Waals surface area contributed by atoms with Gasteiger partial charge in [0, 0.05) is 13.0 Å². The van der Waals surface area contributed by atoms with E-state index in [-0.39, 0.29) is 12.0 Å². The van der Waals surface area contributed by atoms with Gasteiger partial charge in [-0.1, -0.05) is 22.6 Å². The highest BCUT2D eigenvalue weighted by Gasteiger charge is 2.40. The summed E-state index contributed by atoms with van der Waals surface area (Å²) in [6.45, 7) is 6.59. The van der Waals surface area contributed by atoms with Crippen LogP contribution in [0, 0.1) is 0 Å². The molecule has 0 unspecified atom stereocenters. The van der Waals surface area contributed by atoms with Gasteiger partial charge in [0.25, 0.3) is 0 Å². The van der Waals surface area contributed by atoms with Crippen molar-refractivity contribution in [1.82, 2.24) is 4.90 Å². The van der Waals surface area contributed by atoms with E-state index in [9.17, 15) is 9.59 Å². The molecular formula is C10H18INO4Si. The number of alkyl halides is 1. The molecule has 0 aromatic carbocycles. The Balaban J connectivity index is 2.72. The lowest BCUT2D eigenvalue weighted by atomic mass is 10.2. The molecule has 7 heteroatoms. The van der Waals surface area contributed by atoms with Crippen LogP contribution in [0.15, 0.2) is 0 Å². The SMILES string of the molecule is C[Si](C)(C)O[C@H]1C[C@@H](C(=O)O)N(C(=O)CI)C1. The second kappa shape index (κ2) is 5.66. The smallest absolute Gasteiger partial charge is 0.326 e. The van der Waals surface area contributed by atoms with E-state index in [4.69, 9.17) is 9.53 Å². The highest BCUT2D eigenvalue weighted by Crippen LogP contribution is 2.24. The molecule has 0 bridgehead atoms. The fourth-order valence-electron chi connectivity index (χ4n) is 1.97. The highest BCUT2D eigenvalue weighted by molar-refractivity contribution is 14.1. The van der Waals surface area contributed by atoms with Gasteiger partial charge in [0.1, 0.15) is 6.04 Å². The first-order valence-corrected chi connectivity index (χ1v) is 10.4. The van der Waals surface area contributed by atoms with E-state index in [0.717, 1.165) is 0 Å². The van der Waals surface area contributed by atoms with E-state index in [0.29, 0.717) is 17.4 Å². The molecule has 0 aromatic rings. The molecule has 1 N–H and O–H groups in total. The van der Waals surface area contributed by atoms with Gasteiger partial charge in [-0.25, -0.2) is 4.79 Å². The molecule has 0 spiro atoms. The van der Waals surface area contributed by atoms with Gasteiger partial charge >= 0.3 is 5.97 Å². The molecule has 17 heavy (non-hydrogen) atoms. The number of amides is 1. The summed E-state index contributed by atoms with van der Waals surface area (Å²) in [5.74, 6) is -1.07. The topological polar surface area (TPSA) is 66.8 Å². The summed E-state index contributed by atoms with van der Waals surface area (Å²) in [5.41, 5.74) is 0. The molecule has 1 aliphatic rings. The van der Waals surface area contributed by atoms with Crippen molar-refractivity contribution in [3.8, 4) is 0 Å². The third kappa shape index (κ3) is 4.22. The maximum Gasteiger partial charge on any atom is 0.326 e. The van der Waals surface area contributed by atoms with Crippen molar-refractivity contribution < 1.29 is 19.1 Å². The van der Waals surface area contributed by atoms with E-state index >= 15 is 0 Å². The Morgan fingerprint density at radius 1 is 1.47 bits per heavy atom. The summed E-state index contributed by atoms with van der Waals surface area (Å²) in [5, 5.41) is 9.10. The van der Waals surface area contributed by atoms with E-state index in [1.807, 2.05) is 22.6 Å². The molecule has 5 nitrogen and oxygen atoms in total. The summed E-state index contributed by atoms with van der Waals surface area (Å²) in [7, 11) is -1.69. The van der Waals surface area contributed by atoms with Crippen molar-refractivity contribution in [2.45, 2.75) is 38.2 Å². The summed E-state index contributed by atoms with van der Waals surface area (Å²) in [6.07, 6.45) is 0.275. The summed E-state index contributed by atoms with van der Waals surface area (Å²) in [4.78, 5) is 24.2. The van der Waals surface area contributed by atoms with Crippen LogP contribution in [0.3, 0.4) is 0 Å². The zero-order valence-corrected chi connectivity index (χ0v) is 13.4. The Labute approximate surface area is 116 Å². The van der Waals surface area contributed by atoms with Crippen LogP contribution in [-0.4, -0.2) is 53.3 Å². The van der Waals surface area contributed by atoms with Gasteiger partial charge in [-0.3, -0.25) is 4.79 Å². The van der Waals surface area contributed by atoms with Crippen LogP contribution in [0.25, 0.3) is 0 Å². The zero-order valence-electron chi connectivity index (χ0n) is 10.3. The summed E-state index contributed by atoms with van der Waals surface area (Å²) in [6, 6.07) is -0.724. The predicted molar refractivity (Wildman–Crippen MR) is 74.9 cm³/mol. The van der Waals surface area contributed by atoms with Gasteiger partial charge in [-0.2, -0.15) is 0 Å². The summed E-state index contributed by atoms with van der Waals surface area (Å²) >= 11 is 1.96. The molecule has 0 aromatic heterocycles. The molecule has 1 heterocycles. The van der Waals surface area contributed by atoms with Crippen molar-refractivity contribution in [3.05, 3.63) is 0 Å². The fraction of sp³-hybridized carbons (Fsp3) is 0.800. The van der Waals surface area contributed by atoms with E-state index in [1.165, 1.54) is 4.90 Å². The molecule has 98 valence electrons. The van der Waals surface area contributed by atoms with Crippen molar-refractivity contribution in [2.75, 3.05) is 11.0 Å². The average Bonchev–Trinajstić information content (AvgIpc) is 2.57. The number of hydrogen-bond donors (Lipinski definition) is 1. The molecular weight excluding hydrogens is 353 g/mol. The van der Waals surface area contributed by atoms with Gasteiger partial charge < -0.3 is 14.4 Å². The number of rotatable bonds is 4. The van der Waals surface area contributed by atoms with Crippen LogP contribution >= 0.6 is 22.6 Å². The van der Waals surface area contributed by atoms with Crippen LogP contribution in [0.4, 0.5) is 0 Å². The average molecular weight is 371 g/mol. The number of halogens is 1. The van der Waals surface area contributed by atoms with Gasteiger partial charge in [0.05, 0.1) is 10.5 Å². The minimum Gasteiger partial charge on any atom is -0.480 e. The van der Waals surface area contributed by atoms with Gasteiger partial charge in [-0.15, -0.1) is 0 Å². The zero-order chi connectivity index (χ0) is 13.2. The van der Waals surface area contributed by atoms with Crippen molar-refractivity contribution in [3.63, 3.8) is 0 Å². The van der Waals surface area contributed by atoms with Crippen LogP contribution in [0.5, 0.6) is 0 Å². The Morgan fingerprint density at radius 2 is 2.06 bits per heavy atom. The van der Waals surface area contributed by atoms with Gasteiger partial charge in [-0.05, 0) is 19.6 Å². The number of carboxylic acid groups (broad SMARTS) is 1. The maximum atomic E-state index is 11.7. The Hall–Kier alpha value is -0.153. The Morgan fingerprint density at radius 3 is 2.47 bits per heavy atom. The maximum absolute atomic E-state index is 11.7. The molecule has 1 aliphatic heterocycles. The van der Waals surface area contributed by atoms with E-state index in [2.05, 4.69) is 19.6 Å². The number of carboxylic acids is 1. The normalized spacial score (nSPS) is 25.1. The lowest BCUT2D eigenvalue weighted by Crippen LogP contribution is -2.41.